The van der Waals surface area contributed by atoms with Gasteiger partial charge in [-0.2, -0.15) is 13.2 Å². The van der Waals surface area contributed by atoms with Crippen LogP contribution in [0.1, 0.15) is 10.4 Å². The number of anilines is 1. The number of pyridine rings is 1. The Labute approximate surface area is 149 Å². The average Bonchev–Trinajstić information content (AvgIpc) is 3.15. The Bertz CT molecular complexity index is 883. The lowest BCUT2D eigenvalue weighted by atomic mass is 10.2. The second kappa shape index (κ2) is 7.56. The third-order valence-electron chi connectivity index (χ3n) is 3.14. The van der Waals surface area contributed by atoms with Gasteiger partial charge in [-0.3, -0.25) is 4.79 Å². The molecule has 0 saturated heterocycles. The number of carbonyl (C=O) groups excluding carboxylic acids is 1. The fourth-order valence-electron chi connectivity index (χ4n) is 2.02. The molecule has 10 heteroatoms. The standard InChI is InChI=1S/C16H11F3N4O2S/c17-16(18,19)8-26-15-12(2-1-7-20-15)13(24)22-11-5-3-10(4-6-11)14-23-21-9-25-14/h1-7,9H,8H2,(H,22,24). The van der Waals surface area contributed by atoms with Gasteiger partial charge < -0.3 is 9.73 Å². The van der Waals surface area contributed by atoms with Gasteiger partial charge in [-0.25, -0.2) is 4.98 Å². The monoisotopic (exact) mass is 380 g/mol. The SMILES string of the molecule is O=C(Nc1ccc(-c2nnco2)cc1)c1cccnc1SCC(F)(F)F. The maximum atomic E-state index is 12.4. The van der Waals surface area contributed by atoms with Crippen molar-refractivity contribution in [1.82, 2.24) is 15.2 Å². The maximum absolute atomic E-state index is 12.4. The smallest absolute Gasteiger partial charge is 0.398 e. The number of benzene rings is 1. The molecule has 0 radical (unpaired) electrons. The molecule has 1 aromatic carbocycles. The summed E-state index contributed by atoms with van der Waals surface area (Å²) in [5.74, 6) is -1.34. The molecule has 0 unspecified atom stereocenters. The fourth-order valence-corrected chi connectivity index (χ4v) is 2.77. The highest BCUT2D eigenvalue weighted by Crippen LogP contribution is 2.28. The Morgan fingerprint density at radius 1 is 1.19 bits per heavy atom. The van der Waals surface area contributed by atoms with E-state index in [2.05, 4.69) is 20.5 Å². The number of hydrogen-bond donors (Lipinski definition) is 1. The van der Waals surface area contributed by atoms with Gasteiger partial charge >= 0.3 is 6.18 Å². The molecule has 2 heterocycles. The third kappa shape index (κ3) is 4.60. The quantitative estimate of drug-likeness (QED) is 0.673. The lowest BCUT2D eigenvalue weighted by Crippen LogP contribution is -2.15. The Kier molecular flexibility index (Phi) is 5.21. The summed E-state index contributed by atoms with van der Waals surface area (Å²) in [7, 11) is 0. The Hall–Kier alpha value is -2.88. The minimum absolute atomic E-state index is 0.0183. The predicted molar refractivity (Wildman–Crippen MR) is 88.7 cm³/mol. The molecule has 134 valence electrons. The van der Waals surface area contributed by atoms with E-state index in [1.54, 1.807) is 24.3 Å². The van der Waals surface area contributed by atoms with E-state index in [0.717, 1.165) is 0 Å². The molecule has 0 bridgehead atoms. The number of carbonyl (C=O) groups is 1. The van der Waals surface area contributed by atoms with Crippen molar-refractivity contribution in [3.05, 3.63) is 54.6 Å². The summed E-state index contributed by atoms with van der Waals surface area (Å²) < 4.78 is 42.3. The van der Waals surface area contributed by atoms with Crippen molar-refractivity contribution < 1.29 is 22.4 Å². The summed E-state index contributed by atoms with van der Waals surface area (Å²) in [4.78, 5) is 16.3. The highest BCUT2D eigenvalue weighted by atomic mass is 32.2. The van der Waals surface area contributed by atoms with Gasteiger partial charge in [-0.1, -0.05) is 11.8 Å². The fraction of sp³-hybridized carbons (Fsp3) is 0.125. The van der Waals surface area contributed by atoms with Gasteiger partial charge in [0.25, 0.3) is 5.91 Å². The molecule has 6 nitrogen and oxygen atoms in total. The summed E-state index contributed by atoms with van der Waals surface area (Å²) in [5, 5.41) is 9.99. The number of thioether (sulfide) groups is 1. The van der Waals surface area contributed by atoms with E-state index in [0.29, 0.717) is 28.9 Å². The molecule has 2 aromatic heterocycles. The third-order valence-corrected chi connectivity index (χ3v) is 4.21. The maximum Gasteiger partial charge on any atom is 0.398 e. The topological polar surface area (TPSA) is 80.9 Å². The molecule has 0 aliphatic rings. The van der Waals surface area contributed by atoms with Gasteiger partial charge in [-0.15, -0.1) is 10.2 Å². The van der Waals surface area contributed by atoms with Crippen LogP contribution in [0.2, 0.25) is 0 Å². The number of nitrogens with zero attached hydrogens (tertiary/aromatic N) is 3. The molecule has 26 heavy (non-hydrogen) atoms. The second-order valence-corrected chi connectivity index (χ2v) is 6.00. The van der Waals surface area contributed by atoms with Gasteiger partial charge in [0.1, 0.15) is 5.03 Å². The van der Waals surface area contributed by atoms with E-state index in [1.807, 2.05) is 0 Å². The van der Waals surface area contributed by atoms with Crippen molar-refractivity contribution in [1.29, 1.82) is 0 Å². The highest BCUT2D eigenvalue weighted by Gasteiger charge is 2.28. The highest BCUT2D eigenvalue weighted by molar-refractivity contribution is 7.99. The molecule has 0 saturated carbocycles. The number of amides is 1. The molecular weight excluding hydrogens is 369 g/mol. The van der Waals surface area contributed by atoms with E-state index >= 15 is 0 Å². The summed E-state index contributed by atoms with van der Waals surface area (Å²) in [6.07, 6.45) is -1.80. The predicted octanol–water partition coefficient (Wildman–Crippen LogP) is 4.04. The first-order valence-electron chi connectivity index (χ1n) is 7.25. The molecule has 0 fully saturated rings. The molecule has 0 aliphatic heterocycles. The van der Waals surface area contributed by atoms with Crippen molar-refractivity contribution >= 4 is 23.4 Å². The van der Waals surface area contributed by atoms with Crippen LogP contribution in [0.3, 0.4) is 0 Å². The molecular formula is C16H11F3N4O2S. The van der Waals surface area contributed by atoms with Crippen LogP contribution in [0.15, 0.2) is 58.4 Å². The van der Waals surface area contributed by atoms with Crippen LogP contribution in [0, 0.1) is 0 Å². The van der Waals surface area contributed by atoms with Gasteiger partial charge in [-0.05, 0) is 36.4 Å². The first kappa shape index (κ1) is 17.9. The van der Waals surface area contributed by atoms with Crippen molar-refractivity contribution in [2.24, 2.45) is 0 Å². The summed E-state index contributed by atoms with van der Waals surface area (Å²) in [6, 6.07) is 9.50. The van der Waals surface area contributed by atoms with Gasteiger partial charge in [0, 0.05) is 17.4 Å². The minimum atomic E-state index is -4.35. The second-order valence-electron chi connectivity index (χ2n) is 5.04. The molecule has 0 aliphatic carbocycles. The number of hydrogen-bond acceptors (Lipinski definition) is 6. The van der Waals surface area contributed by atoms with Crippen molar-refractivity contribution in [3.63, 3.8) is 0 Å². The van der Waals surface area contributed by atoms with Crippen LogP contribution in [-0.4, -0.2) is 33.0 Å². The average molecular weight is 380 g/mol. The first-order chi connectivity index (χ1) is 12.4. The number of halogens is 3. The zero-order valence-electron chi connectivity index (χ0n) is 13.0. The number of aromatic nitrogens is 3. The molecule has 3 aromatic rings. The summed E-state index contributed by atoms with van der Waals surface area (Å²) in [6.45, 7) is 0. The van der Waals surface area contributed by atoms with E-state index < -0.39 is 17.8 Å². The summed E-state index contributed by atoms with van der Waals surface area (Å²) in [5.41, 5.74) is 1.21. The van der Waals surface area contributed by atoms with Crippen molar-refractivity contribution in [3.8, 4) is 11.5 Å². The zero-order valence-corrected chi connectivity index (χ0v) is 13.8. The summed E-state index contributed by atoms with van der Waals surface area (Å²) >= 11 is 0.469. The largest absolute Gasteiger partial charge is 0.423 e. The Morgan fingerprint density at radius 3 is 2.62 bits per heavy atom. The molecule has 1 amide bonds. The van der Waals surface area contributed by atoms with E-state index in [1.165, 1.54) is 24.7 Å². The van der Waals surface area contributed by atoms with Crippen molar-refractivity contribution in [2.45, 2.75) is 11.2 Å². The lowest BCUT2D eigenvalue weighted by Gasteiger charge is -2.10. The van der Waals surface area contributed by atoms with Crippen LogP contribution in [-0.2, 0) is 0 Å². The van der Waals surface area contributed by atoms with Crippen LogP contribution >= 0.6 is 11.8 Å². The van der Waals surface area contributed by atoms with Crippen LogP contribution in [0.4, 0.5) is 18.9 Å². The molecule has 3 rings (SSSR count). The zero-order chi connectivity index (χ0) is 18.6. The van der Waals surface area contributed by atoms with E-state index in [9.17, 15) is 18.0 Å². The van der Waals surface area contributed by atoms with Gasteiger partial charge in [0.2, 0.25) is 12.3 Å². The normalized spacial score (nSPS) is 11.3. The van der Waals surface area contributed by atoms with Gasteiger partial charge in [0.15, 0.2) is 0 Å². The minimum Gasteiger partial charge on any atom is -0.423 e. The van der Waals surface area contributed by atoms with Crippen molar-refractivity contribution in [2.75, 3.05) is 11.1 Å². The number of rotatable bonds is 5. The number of nitrogens with one attached hydrogen (secondary N) is 1. The van der Waals surface area contributed by atoms with Crippen LogP contribution < -0.4 is 5.32 Å². The van der Waals surface area contributed by atoms with Crippen LogP contribution in [0.5, 0.6) is 0 Å². The first-order valence-corrected chi connectivity index (χ1v) is 8.23. The molecule has 0 spiro atoms. The van der Waals surface area contributed by atoms with E-state index in [-0.39, 0.29) is 10.6 Å². The molecule has 0 atom stereocenters. The Morgan fingerprint density at radius 2 is 1.96 bits per heavy atom. The lowest BCUT2D eigenvalue weighted by molar-refractivity contribution is -0.105. The van der Waals surface area contributed by atoms with Crippen LogP contribution in [0.25, 0.3) is 11.5 Å². The molecule has 1 N–H and O–H groups in total. The van der Waals surface area contributed by atoms with E-state index in [4.69, 9.17) is 4.42 Å². The Balaban J connectivity index is 1.72. The van der Waals surface area contributed by atoms with Gasteiger partial charge in [0.05, 0.1) is 11.3 Å². The number of alkyl halides is 3.